The van der Waals surface area contributed by atoms with Crippen molar-refractivity contribution in [3.63, 3.8) is 0 Å². The van der Waals surface area contributed by atoms with E-state index in [1.54, 1.807) is 18.2 Å². The average Bonchev–Trinajstić information content (AvgIpc) is 2.25. The average molecular weight is 297 g/mol. The second-order valence-corrected chi connectivity index (χ2v) is 6.26. The van der Waals surface area contributed by atoms with Gasteiger partial charge in [-0.3, -0.25) is 4.79 Å². The van der Waals surface area contributed by atoms with Gasteiger partial charge < -0.3 is 4.98 Å². The number of nitrogens with zero attached hydrogens (tertiary/aromatic N) is 1. The van der Waals surface area contributed by atoms with Crippen LogP contribution in [0.15, 0.2) is 29.1 Å². The largest absolute Gasteiger partial charge is 0.307 e. The Balaban J connectivity index is 2.63. The molecule has 100 valence electrons. The van der Waals surface area contributed by atoms with Crippen LogP contribution in [0.1, 0.15) is 26.5 Å². The molecule has 2 rings (SSSR count). The molecule has 1 N–H and O–H groups in total. The Morgan fingerprint density at radius 1 is 1.05 bits per heavy atom. The van der Waals surface area contributed by atoms with Crippen LogP contribution in [0.3, 0.4) is 0 Å². The van der Waals surface area contributed by atoms with Crippen molar-refractivity contribution >= 4 is 23.2 Å². The van der Waals surface area contributed by atoms with Crippen LogP contribution in [0, 0.1) is 0 Å². The molecule has 0 aliphatic carbocycles. The molecule has 0 atom stereocenters. The van der Waals surface area contributed by atoms with Gasteiger partial charge in [0.2, 0.25) is 0 Å². The van der Waals surface area contributed by atoms with Gasteiger partial charge in [0.05, 0.1) is 5.69 Å². The lowest BCUT2D eigenvalue weighted by Gasteiger charge is -2.18. The van der Waals surface area contributed by atoms with Crippen molar-refractivity contribution in [2.45, 2.75) is 26.2 Å². The summed E-state index contributed by atoms with van der Waals surface area (Å²) in [6.45, 7) is 6.01. The Labute approximate surface area is 121 Å². The SMILES string of the molecule is CC(C)(C)c1cc(=O)[nH]c(-c2cc(Cl)cc(Cl)c2)n1. The topological polar surface area (TPSA) is 45.8 Å². The summed E-state index contributed by atoms with van der Waals surface area (Å²) >= 11 is 11.9. The molecule has 0 amide bonds. The molecule has 0 unspecified atom stereocenters. The molecule has 0 aliphatic rings. The Kier molecular flexibility index (Phi) is 3.70. The molecule has 0 spiro atoms. The summed E-state index contributed by atoms with van der Waals surface area (Å²) in [7, 11) is 0. The zero-order chi connectivity index (χ0) is 14.2. The maximum absolute atomic E-state index is 11.7. The zero-order valence-electron chi connectivity index (χ0n) is 10.9. The van der Waals surface area contributed by atoms with E-state index in [9.17, 15) is 4.79 Å². The van der Waals surface area contributed by atoms with Crippen LogP contribution in [0.25, 0.3) is 11.4 Å². The number of aromatic amines is 1. The highest BCUT2D eigenvalue weighted by Crippen LogP contribution is 2.26. The molecule has 0 radical (unpaired) electrons. The third kappa shape index (κ3) is 3.37. The molecule has 0 saturated carbocycles. The molecule has 19 heavy (non-hydrogen) atoms. The van der Waals surface area contributed by atoms with Gasteiger partial charge in [-0.25, -0.2) is 4.98 Å². The van der Waals surface area contributed by atoms with Crippen LogP contribution in [-0.4, -0.2) is 9.97 Å². The van der Waals surface area contributed by atoms with E-state index in [0.29, 0.717) is 21.4 Å². The number of rotatable bonds is 1. The van der Waals surface area contributed by atoms with Crippen LogP contribution >= 0.6 is 23.2 Å². The van der Waals surface area contributed by atoms with Gasteiger partial charge >= 0.3 is 0 Å². The smallest absolute Gasteiger partial charge is 0.251 e. The monoisotopic (exact) mass is 296 g/mol. The summed E-state index contributed by atoms with van der Waals surface area (Å²) in [6.07, 6.45) is 0. The summed E-state index contributed by atoms with van der Waals surface area (Å²) < 4.78 is 0. The first-order chi connectivity index (χ1) is 8.75. The third-order valence-electron chi connectivity index (χ3n) is 2.65. The molecular formula is C14H14Cl2N2O. The second-order valence-electron chi connectivity index (χ2n) is 5.39. The summed E-state index contributed by atoms with van der Waals surface area (Å²) in [4.78, 5) is 18.9. The van der Waals surface area contributed by atoms with Crippen molar-refractivity contribution < 1.29 is 0 Å². The predicted octanol–water partition coefficient (Wildman–Crippen LogP) is 4.04. The molecule has 0 fully saturated rings. The van der Waals surface area contributed by atoms with Gasteiger partial charge in [0, 0.05) is 27.1 Å². The first-order valence-corrected chi connectivity index (χ1v) is 6.59. The van der Waals surface area contributed by atoms with Crippen LogP contribution < -0.4 is 5.56 Å². The normalized spacial score (nSPS) is 11.6. The van der Waals surface area contributed by atoms with Crippen molar-refractivity contribution in [3.8, 4) is 11.4 Å². The number of benzene rings is 1. The fourth-order valence-corrected chi connectivity index (χ4v) is 2.20. The highest BCUT2D eigenvalue weighted by atomic mass is 35.5. The molecule has 2 aromatic rings. The summed E-state index contributed by atoms with van der Waals surface area (Å²) in [5, 5.41) is 1.01. The molecule has 0 aliphatic heterocycles. The van der Waals surface area contributed by atoms with Gasteiger partial charge in [0.15, 0.2) is 0 Å². The van der Waals surface area contributed by atoms with Crippen molar-refractivity contribution in [1.29, 1.82) is 0 Å². The van der Waals surface area contributed by atoms with Crippen LogP contribution in [-0.2, 0) is 5.41 Å². The van der Waals surface area contributed by atoms with Crippen LogP contribution in [0.4, 0.5) is 0 Å². The second kappa shape index (κ2) is 4.99. The Morgan fingerprint density at radius 3 is 2.16 bits per heavy atom. The van der Waals surface area contributed by atoms with E-state index >= 15 is 0 Å². The molecule has 1 aromatic heterocycles. The summed E-state index contributed by atoms with van der Waals surface area (Å²) in [6, 6.07) is 6.59. The van der Waals surface area contributed by atoms with Gasteiger partial charge in [-0.15, -0.1) is 0 Å². The lowest BCUT2D eigenvalue weighted by molar-refractivity contribution is 0.566. The number of hydrogen-bond acceptors (Lipinski definition) is 2. The van der Waals surface area contributed by atoms with E-state index in [-0.39, 0.29) is 11.0 Å². The number of hydrogen-bond donors (Lipinski definition) is 1. The van der Waals surface area contributed by atoms with Crippen molar-refractivity contribution in [2.75, 3.05) is 0 Å². The van der Waals surface area contributed by atoms with E-state index in [1.807, 2.05) is 20.8 Å². The van der Waals surface area contributed by atoms with Crippen molar-refractivity contribution in [1.82, 2.24) is 9.97 Å². The molecule has 5 heteroatoms. The summed E-state index contributed by atoms with van der Waals surface area (Å²) in [5.41, 5.74) is 1.03. The first kappa shape index (κ1) is 14.1. The van der Waals surface area contributed by atoms with Gasteiger partial charge in [0.1, 0.15) is 5.82 Å². The van der Waals surface area contributed by atoms with Gasteiger partial charge in [-0.2, -0.15) is 0 Å². The molecular weight excluding hydrogens is 283 g/mol. The first-order valence-electron chi connectivity index (χ1n) is 5.84. The molecule has 0 saturated heterocycles. The van der Waals surface area contributed by atoms with Gasteiger partial charge in [0.25, 0.3) is 5.56 Å². The minimum absolute atomic E-state index is 0.189. The fraction of sp³-hybridized carbons (Fsp3) is 0.286. The Morgan fingerprint density at radius 2 is 1.63 bits per heavy atom. The Hall–Kier alpha value is -1.32. The molecule has 1 aromatic carbocycles. The van der Waals surface area contributed by atoms with E-state index in [0.717, 1.165) is 5.69 Å². The minimum atomic E-state index is -0.203. The number of nitrogens with one attached hydrogen (secondary N) is 1. The molecule has 1 heterocycles. The molecule has 3 nitrogen and oxygen atoms in total. The number of H-pyrrole nitrogens is 1. The predicted molar refractivity (Wildman–Crippen MR) is 79.0 cm³/mol. The summed E-state index contributed by atoms with van der Waals surface area (Å²) in [5.74, 6) is 0.474. The lowest BCUT2D eigenvalue weighted by atomic mass is 9.92. The van der Waals surface area contributed by atoms with E-state index in [1.165, 1.54) is 6.07 Å². The number of aromatic nitrogens is 2. The van der Waals surface area contributed by atoms with Crippen LogP contribution in [0.5, 0.6) is 0 Å². The highest BCUT2D eigenvalue weighted by Gasteiger charge is 2.17. The third-order valence-corrected chi connectivity index (χ3v) is 3.08. The van der Waals surface area contributed by atoms with Crippen LogP contribution in [0.2, 0.25) is 10.0 Å². The van der Waals surface area contributed by atoms with Crippen molar-refractivity contribution in [3.05, 3.63) is 50.4 Å². The Bertz CT molecular complexity index is 652. The maximum Gasteiger partial charge on any atom is 0.251 e. The van der Waals surface area contributed by atoms with Gasteiger partial charge in [-0.05, 0) is 18.2 Å². The molecule has 0 bridgehead atoms. The maximum atomic E-state index is 11.7. The highest BCUT2D eigenvalue weighted by molar-refractivity contribution is 6.35. The van der Waals surface area contributed by atoms with Gasteiger partial charge in [-0.1, -0.05) is 44.0 Å². The quantitative estimate of drug-likeness (QED) is 0.863. The van der Waals surface area contributed by atoms with Crippen molar-refractivity contribution in [2.24, 2.45) is 0 Å². The zero-order valence-corrected chi connectivity index (χ0v) is 12.4. The lowest BCUT2D eigenvalue weighted by Crippen LogP contribution is -2.19. The number of halogens is 2. The van der Waals surface area contributed by atoms with E-state index < -0.39 is 0 Å². The standard InChI is InChI=1S/C14H14Cl2N2O/c1-14(2,3)11-7-12(19)18-13(17-11)8-4-9(15)6-10(16)5-8/h4-7H,1-3H3,(H,17,18,19). The fourth-order valence-electron chi connectivity index (χ4n) is 1.67. The minimum Gasteiger partial charge on any atom is -0.307 e. The van der Waals surface area contributed by atoms with E-state index in [2.05, 4.69) is 9.97 Å². The van der Waals surface area contributed by atoms with E-state index in [4.69, 9.17) is 23.2 Å².